The van der Waals surface area contributed by atoms with Crippen LogP contribution in [0.5, 0.6) is 5.75 Å². The van der Waals surface area contributed by atoms with Gasteiger partial charge in [0.05, 0.1) is 18.2 Å². The van der Waals surface area contributed by atoms with Gasteiger partial charge in [-0.05, 0) is 41.8 Å². The summed E-state index contributed by atoms with van der Waals surface area (Å²) in [6.45, 7) is 1.84. The highest BCUT2D eigenvalue weighted by Gasteiger charge is 2.28. The van der Waals surface area contributed by atoms with Crippen LogP contribution in [-0.2, 0) is 6.54 Å². The smallest absolute Gasteiger partial charge is 0.354 e. The van der Waals surface area contributed by atoms with Gasteiger partial charge in [-0.3, -0.25) is 4.79 Å². The number of halogens is 3. The number of rotatable bonds is 8. The zero-order chi connectivity index (χ0) is 24.1. The molecular formula is C24H21ClF2N2O4. The molecule has 6 nitrogen and oxygen atoms in total. The van der Waals surface area contributed by atoms with E-state index in [1.54, 1.807) is 18.2 Å². The van der Waals surface area contributed by atoms with Crippen molar-refractivity contribution in [2.24, 2.45) is 0 Å². The van der Waals surface area contributed by atoms with Gasteiger partial charge in [0, 0.05) is 24.4 Å². The Labute approximate surface area is 194 Å². The van der Waals surface area contributed by atoms with Crippen molar-refractivity contribution in [3.63, 3.8) is 0 Å². The zero-order valence-electron chi connectivity index (χ0n) is 17.9. The third-order valence-electron chi connectivity index (χ3n) is 5.10. The highest BCUT2D eigenvalue weighted by molar-refractivity contribution is 6.32. The number of aromatic nitrogens is 1. The standard InChI is InChI=1S/C24H21ClF2N2O4/c1-3-20(18-5-4-6-21(33-2)22(18)25)29(13-14-7-8-19(24(31)32)28-12-14)23(30)15-9-16(26)11-17(27)10-15/h4-12,20H,3,13H2,1-2H3,(H,31,32)/t20-/m1/s1. The first-order valence-electron chi connectivity index (χ1n) is 10.0. The van der Waals surface area contributed by atoms with E-state index in [4.69, 9.17) is 21.4 Å². The summed E-state index contributed by atoms with van der Waals surface area (Å²) >= 11 is 6.53. The van der Waals surface area contributed by atoms with Gasteiger partial charge in [0.25, 0.3) is 5.91 Å². The molecule has 3 aromatic rings. The Balaban J connectivity index is 2.08. The van der Waals surface area contributed by atoms with Crippen LogP contribution < -0.4 is 4.74 Å². The number of aromatic carboxylic acids is 1. The summed E-state index contributed by atoms with van der Waals surface area (Å²) in [5.74, 6) is -3.14. The van der Waals surface area contributed by atoms with Crippen LogP contribution in [0.4, 0.5) is 8.78 Å². The van der Waals surface area contributed by atoms with E-state index in [-0.39, 0.29) is 17.8 Å². The van der Waals surface area contributed by atoms with Gasteiger partial charge in [-0.25, -0.2) is 18.6 Å². The maximum Gasteiger partial charge on any atom is 0.354 e. The predicted molar refractivity (Wildman–Crippen MR) is 118 cm³/mol. The van der Waals surface area contributed by atoms with Gasteiger partial charge in [-0.1, -0.05) is 36.7 Å². The first-order chi connectivity index (χ1) is 15.7. The maximum absolute atomic E-state index is 13.9. The summed E-state index contributed by atoms with van der Waals surface area (Å²) in [5.41, 5.74) is 0.813. The molecule has 0 fully saturated rings. The molecule has 0 spiro atoms. The molecule has 0 aliphatic carbocycles. The summed E-state index contributed by atoms with van der Waals surface area (Å²) in [6, 6.07) is 10.0. The molecule has 172 valence electrons. The first-order valence-corrected chi connectivity index (χ1v) is 10.4. The Morgan fingerprint density at radius 3 is 2.39 bits per heavy atom. The van der Waals surface area contributed by atoms with Crippen LogP contribution in [0.25, 0.3) is 0 Å². The normalized spacial score (nSPS) is 11.7. The molecule has 0 saturated heterocycles. The number of amides is 1. The number of pyridine rings is 1. The van der Waals surface area contributed by atoms with Gasteiger partial charge in [0.1, 0.15) is 23.1 Å². The Bertz CT molecular complexity index is 1150. The Hall–Kier alpha value is -3.52. The van der Waals surface area contributed by atoms with Gasteiger partial charge < -0.3 is 14.7 Å². The first kappa shape index (κ1) is 24.1. The lowest BCUT2D eigenvalue weighted by atomic mass is 10.00. The van der Waals surface area contributed by atoms with E-state index in [9.17, 15) is 18.4 Å². The number of carbonyl (C=O) groups is 2. The SMILES string of the molecule is CC[C@H](c1cccc(OC)c1Cl)N(Cc1ccc(C(=O)O)nc1)C(=O)c1cc(F)cc(F)c1. The minimum Gasteiger partial charge on any atom is -0.495 e. The molecule has 0 aliphatic heterocycles. The number of ether oxygens (including phenoxy) is 1. The lowest BCUT2D eigenvalue weighted by Gasteiger charge is -2.32. The highest BCUT2D eigenvalue weighted by Crippen LogP contribution is 2.37. The van der Waals surface area contributed by atoms with Crippen molar-refractivity contribution in [2.45, 2.75) is 25.9 Å². The number of carboxylic acid groups (broad SMARTS) is 1. The minimum absolute atomic E-state index is 0.00406. The average molecular weight is 475 g/mol. The average Bonchev–Trinajstić information content (AvgIpc) is 2.79. The van der Waals surface area contributed by atoms with E-state index < -0.39 is 29.6 Å². The third-order valence-corrected chi connectivity index (χ3v) is 5.51. The maximum atomic E-state index is 13.9. The molecule has 0 saturated carbocycles. The van der Waals surface area contributed by atoms with Crippen molar-refractivity contribution in [2.75, 3.05) is 7.11 Å². The van der Waals surface area contributed by atoms with E-state index in [2.05, 4.69) is 4.98 Å². The molecule has 9 heteroatoms. The Kier molecular flexibility index (Phi) is 7.60. The molecule has 2 aromatic carbocycles. The minimum atomic E-state index is -1.18. The van der Waals surface area contributed by atoms with E-state index in [0.29, 0.717) is 34.4 Å². The second-order valence-corrected chi connectivity index (χ2v) is 7.61. The van der Waals surface area contributed by atoms with Crippen LogP contribution in [0.15, 0.2) is 54.7 Å². The van der Waals surface area contributed by atoms with Gasteiger partial charge >= 0.3 is 5.97 Å². The Morgan fingerprint density at radius 1 is 1.15 bits per heavy atom. The third kappa shape index (κ3) is 5.46. The quantitative estimate of drug-likeness (QED) is 0.465. The lowest BCUT2D eigenvalue weighted by Crippen LogP contribution is -2.34. The van der Waals surface area contributed by atoms with Crippen molar-refractivity contribution >= 4 is 23.5 Å². The predicted octanol–water partition coefficient (Wildman–Crippen LogP) is 5.51. The molecular weight excluding hydrogens is 454 g/mol. The highest BCUT2D eigenvalue weighted by atomic mass is 35.5. The van der Waals surface area contributed by atoms with Crippen LogP contribution in [0.3, 0.4) is 0 Å². The molecule has 3 rings (SSSR count). The summed E-state index contributed by atoms with van der Waals surface area (Å²) in [6.07, 6.45) is 1.77. The number of carbonyl (C=O) groups excluding carboxylic acids is 1. The van der Waals surface area contributed by atoms with E-state index in [1.807, 2.05) is 6.92 Å². The number of benzene rings is 2. The molecule has 1 atom stereocenters. The summed E-state index contributed by atoms with van der Waals surface area (Å²) in [4.78, 5) is 29.9. The van der Waals surface area contributed by atoms with Crippen molar-refractivity contribution in [1.82, 2.24) is 9.88 Å². The number of methoxy groups -OCH3 is 1. The van der Waals surface area contributed by atoms with Crippen LogP contribution in [0.2, 0.25) is 5.02 Å². The van der Waals surface area contributed by atoms with Crippen molar-refractivity contribution in [3.05, 3.63) is 93.8 Å². The Morgan fingerprint density at radius 2 is 1.85 bits per heavy atom. The van der Waals surface area contributed by atoms with Crippen LogP contribution in [0, 0.1) is 11.6 Å². The summed E-state index contributed by atoms with van der Waals surface area (Å²) in [7, 11) is 1.47. The molecule has 1 aromatic heterocycles. The number of carboxylic acids is 1. The van der Waals surface area contributed by atoms with Crippen molar-refractivity contribution < 1.29 is 28.2 Å². The summed E-state index contributed by atoms with van der Waals surface area (Å²) < 4.78 is 33.0. The van der Waals surface area contributed by atoms with E-state index >= 15 is 0 Å². The van der Waals surface area contributed by atoms with Gasteiger partial charge in [-0.15, -0.1) is 0 Å². The van der Waals surface area contributed by atoms with Crippen LogP contribution >= 0.6 is 11.6 Å². The van der Waals surface area contributed by atoms with Crippen molar-refractivity contribution in [1.29, 1.82) is 0 Å². The fourth-order valence-corrected chi connectivity index (χ4v) is 3.89. The molecule has 1 amide bonds. The largest absolute Gasteiger partial charge is 0.495 e. The molecule has 1 heterocycles. The number of hydrogen-bond acceptors (Lipinski definition) is 4. The molecule has 0 aliphatic rings. The second-order valence-electron chi connectivity index (χ2n) is 7.24. The fraction of sp³-hybridized carbons (Fsp3) is 0.208. The zero-order valence-corrected chi connectivity index (χ0v) is 18.6. The lowest BCUT2D eigenvalue weighted by molar-refractivity contribution is 0.0647. The molecule has 0 bridgehead atoms. The van der Waals surface area contributed by atoms with Gasteiger partial charge in [-0.2, -0.15) is 0 Å². The monoisotopic (exact) mass is 474 g/mol. The molecule has 0 unspecified atom stereocenters. The van der Waals surface area contributed by atoms with Crippen LogP contribution in [0.1, 0.15) is 51.4 Å². The van der Waals surface area contributed by atoms with Crippen LogP contribution in [-0.4, -0.2) is 34.0 Å². The summed E-state index contributed by atoms with van der Waals surface area (Å²) in [5, 5.41) is 9.39. The molecule has 33 heavy (non-hydrogen) atoms. The van der Waals surface area contributed by atoms with E-state index in [1.165, 1.54) is 30.3 Å². The fourth-order valence-electron chi connectivity index (χ4n) is 3.56. The molecule has 1 N–H and O–H groups in total. The van der Waals surface area contributed by atoms with Gasteiger partial charge in [0.15, 0.2) is 0 Å². The number of nitrogens with zero attached hydrogens (tertiary/aromatic N) is 2. The topological polar surface area (TPSA) is 79.7 Å². The number of hydrogen-bond donors (Lipinski definition) is 1. The van der Waals surface area contributed by atoms with Gasteiger partial charge in [0.2, 0.25) is 0 Å². The van der Waals surface area contributed by atoms with E-state index in [0.717, 1.165) is 12.1 Å². The molecule has 0 radical (unpaired) electrons. The second kappa shape index (κ2) is 10.4. The van der Waals surface area contributed by atoms with Crippen molar-refractivity contribution in [3.8, 4) is 5.75 Å².